The fourth-order valence-electron chi connectivity index (χ4n) is 7.32. The number of fused-ring (bicyclic) bond motifs is 4. The van der Waals surface area contributed by atoms with Crippen LogP contribution in [-0.4, -0.2) is 37.3 Å². The summed E-state index contributed by atoms with van der Waals surface area (Å²) in [6.07, 6.45) is 6.37. The summed E-state index contributed by atoms with van der Waals surface area (Å²) in [6.45, 7) is 6.36. The normalized spacial score (nSPS) is 22.8. The van der Waals surface area contributed by atoms with E-state index in [2.05, 4.69) is 139 Å². The molecule has 5 atom stereocenters. The lowest BCUT2D eigenvalue weighted by atomic mass is 9.73. The monoisotopic (exact) mass is 552 g/mol. The lowest BCUT2D eigenvalue weighted by molar-refractivity contribution is -0.0368. The maximum Gasteiger partial charge on any atom is 0.288 e. The Morgan fingerprint density at radius 1 is 0.780 bits per heavy atom. The van der Waals surface area contributed by atoms with E-state index in [1.54, 1.807) is 0 Å². The molecule has 204 valence electrons. The number of para-hydroxylation sites is 1. The minimum Gasteiger partial charge on any atom is -0.395 e. The van der Waals surface area contributed by atoms with Crippen LogP contribution < -0.4 is 15.6 Å². The van der Waals surface area contributed by atoms with Gasteiger partial charge in [-0.25, -0.2) is 0 Å². The molecule has 0 radical (unpaired) electrons. The first-order valence-corrected chi connectivity index (χ1v) is 16.7. The van der Waals surface area contributed by atoms with Crippen molar-refractivity contribution in [3.8, 4) is 0 Å². The molecule has 0 saturated carbocycles. The molecule has 1 aromatic heterocycles. The van der Waals surface area contributed by atoms with Crippen LogP contribution in [0, 0.1) is 11.8 Å². The van der Waals surface area contributed by atoms with Gasteiger partial charge in [0.2, 0.25) is 0 Å². The molecule has 4 heterocycles. The highest BCUT2D eigenvalue weighted by molar-refractivity contribution is 7.07. The third-order valence-electron chi connectivity index (χ3n) is 9.34. The number of hydrogen-bond acceptors (Lipinski definition) is 3. The summed E-state index contributed by atoms with van der Waals surface area (Å²) in [5.41, 5.74) is 2.26. The quantitative estimate of drug-likeness (QED) is 0.137. The molecule has 3 saturated heterocycles. The van der Waals surface area contributed by atoms with E-state index in [9.17, 15) is 0 Å². The molecule has 1 unspecified atom stereocenters. The van der Waals surface area contributed by atoms with E-state index in [1.165, 1.54) is 32.9 Å². The summed E-state index contributed by atoms with van der Waals surface area (Å²) >= 11 is 0. The zero-order valence-electron chi connectivity index (χ0n) is 23.3. The van der Waals surface area contributed by atoms with Crippen LogP contribution in [0.4, 0.5) is 0 Å². The van der Waals surface area contributed by atoms with E-state index in [4.69, 9.17) is 9.41 Å². The van der Waals surface area contributed by atoms with Gasteiger partial charge in [-0.2, -0.15) is 0 Å². The average molecular weight is 553 g/mol. The smallest absolute Gasteiger partial charge is 0.288 e. The van der Waals surface area contributed by atoms with Crippen LogP contribution >= 0.6 is 0 Å². The SMILES string of the molecule is C=C[C@H]1CN2CC[C@H]1C[C@H]2[C@H](O[Si](c1ccccc1)(c1ccccc1)c1ccccc1)c1ccnc2ccccc12. The van der Waals surface area contributed by atoms with Crippen LogP contribution in [0.1, 0.15) is 24.5 Å². The lowest BCUT2D eigenvalue weighted by Crippen LogP contribution is -2.70. The van der Waals surface area contributed by atoms with Crippen LogP contribution in [0.2, 0.25) is 0 Å². The zero-order chi connectivity index (χ0) is 27.6. The summed E-state index contributed by atoms with van der Waals surface area (Å²) in [5.74, 6) is 1.19. The minimum absolute atomic E-state index is 0.122. The van der Waals surface area contributed by atoms with Crippen LogP contribution in [0.5, 0.6) is 0 Å². The Kier molecular flexibility index (Phi) is 7.13. The molecule has 0 aliphatic carbocycles. The van der Waals surface area contributed by atoms with Crippen LogP contribution in [0.25, 0.3) is 10.9 Å². The van der Waals surface area contributed by atoms with Crippen molar-refractivity contribution >= 4 is 34.8 Å². The fraction of sp³-hybridized carbons (Fsp3) is 0.216. The second kappa shape index (κ2) is 11.2. The van der Waals surface area contributed by atoms with Gasteiger partial charge in [0.15, 0.2) is 0 Å². The fourth-order valence-corrected chi connectivity index (χ4v) is 11.4. The van der Waals surface area contributed by atoms with Crippen LogP contribution in [-0.2, 0) is 4.43 Å². The Morgan fingerprint density at radius 2 is 1.37 bits per heavy atom. The number of piperidine rings is 3. The van der Waals surface area contributed by atoms with Gasteiger partial charge in [0.25, 0.3) is 8.32 Å². The summed E-state index contributed by atoms with van der Waals surface area (Å²) in [6, 6.07) is 43.9. The minimum atomic E-state index is -2.96. The molecule has 41 heavy (non-hydrogen) atoms. The van der Waals surface area contributed by atoms with Gasteiger partial charge in [-0.3, -0.25) is 9.88 Å². The summed E-state index contributed by atoms with van der Waals surface area (Å²) < 4.78 is 8.00. The zero-order valence-corrected chi connectivity index (χ0v) is 24.3. The first kappa shape index (κ1) is 26.1. The molecule has 8 rings (SSSR count). The molecule has 3 aliphatic heterocycles. The van der Waals surface area contributed by atoms with Crippen molar-refractivity contribution < 1.29 is 4.43 Å². The average Bonchev–Trinajstić information content (AvgIpc) is 3.07. The molecular formula is C37H36N2OSi. The highest BCUT2D eigenvalue weighted by Crippen LogP contribution is 2.44. The Hall–Kier alpha value is -3.83. The van der Waals surface area contributed by atoms with Crippen LogP contribution in [0.3, 0.4) is 0 Å². The first-order valence-electron chi connectivity index (χ1n) is 14.8. The van der Waals surface area contributed by atoms with Gasteiger partial charge in [0.1, 0.15) is 0 Å². The predicted octanol–water partition coefficient (Wildman–Crippen LogP) is 5.86. The van der Waals surface area contributed by atoms with Crippen molar-refractivity contribution in [3.05, 3.63) is 146 Å². The van der Waals surface area contributed by atoms with E-state index in [0.717, 1.165) is 25.0 Å². The second-order valence-corrected chi connectivity index (χ2v) is 14.8. The van der Waals surface area contributed by atoms with Gasteiger partial charge in [0.05, 0.1) is 11.6 Å². The van der Waals surface area contributed by atoms with Crippen molar-refractivity contribution in [2.75, 3.05) is 13.1 Å². The molecule has 2 bridgehead atoms. The van der Waals surface area contributed by atoms with Gasteiger partial charge in [-0.1, -0.05) is 115 Å². The number of rotatable bonds is 8. The van der Waals surface area contributed by atoms with Gasteiger partial charge < -0.3 is 4.43 Å². The lowest BCUT2D eigenvalue weighted by Gasteiger charge is -2.53. The maximum absolute atomic E-state index is 8.00. The van der Waals surface area contributed by atoms with E-state index >= 15 is 0 Å². The number of pyridine rings is 1. The number of aromatic nitrogens is 1. The molecule has 3 aliphatic rings. The number of nitrogens with zero attached hydrogens (tertiary/aromatic N) is 2. The molecule has 4 heteroatoms. The Balaban J connectivity index is 1.47. The van der Waals surface area contributed by atoms with Crippen molar-refractivity contribution in [2.24, 2.45) is 11.8 Å². The molecule has 0 spiro atoms. The molecule has 4 aromatic carbocycles. The van der Waals surface area contributed by atoms with E-state index in [0.29, 0.717) is 11.8 Å². The van der Waals surface area contributed by atoms with Gasteiger partial charge in [-0.05, 0) is 64.5 Å². The van der Waals surface area contributed by atoms with Gasteiger partial charge in [0, 0.05) is 24.2 Å². The summed E-state index contributed by atoms with van der Waals surface area (Å²) in [5, 5.41) is 4.97. The predicted molar refractivity (Wildman–Crippen MR) is 171 cm³/mol. The van der Waals surface area contributed by atoms with Crippen molar-refractivity contribution in [1.29, 1.82) is 0 Å². The molecule has 5 aromatic rings. The van der Waals surface area contributed by atoms with Gasteiger partial charge in [-0.15, -0.1) is 6.58 Å². The number of benzene rings is 4. The Labute approximate surface area is 244 Å². The Bertz CT molecular complexity index is 1520. The highest BCUT2D eigenvalue weighted by atomic mass is 28.4. The third-order valence-corrected chi connectivity index (χ3v) is 13.4. The van der Waals surface area contributed by atoms with Crippen LogP contribution in [0.15, 0.2) is 140 Å². The molecule has 3 nitrogen and oxygen atoms in total. The maximum atomic E-state index is 8.00. The Morgan fingerprint density at radius 3 is 1.93 bits per heavy atom. The summed E-state index contributed by atoms with van der Waals surface area (Å²) in [7, 11) is -2.96. The first-order chi connectivity index (χ1) is 20.3. The second-order valence-electron chi connectivity index (χ2n) is 11.5. The van der Waals surface area contributed by atoms with Gasteiger partial charge >= 0.3 is 0 Å². The topological polar surface area (TPSA) is 25.4 Å². The number of hydrogen-bond donors (Lipinski definition) is 0. The third kappa shape index (κ3) is 4.66. The molecule has 0 amide bonds. The summed E-state index contributed by atoms with van der Waals surface area (Å²) in [4.78, 5) is 7.43. The van der Waals surface area contributed by atoms with E-state index in [-0.39, 0.29) is 12.1 Å². The van der Waals surface area contributed by atoms with Crippen molar-refractivity contribution in [1.82, 2.24) is 9.88 Å². The highest BCUT2D eigenvalue weighted by Gasteiger charge is 2.49. The standard InChI is InChI=1S/C37H36N2OSi/c1-2-28-27-39-25-23-29(28)26-36(39)37(34-22-24-38-35-21-13-12-20-33(34)35)40-41(30-14-6-3-7-15-30,31-16-8-4-9-17-31)32-18-10-5-11-19-32/h2-22,24,28-29,36-37H,1,23,25-27H2/t28-,29-,36-,37+/m0/s1. The largest absolute Gasteiger partial charge is 0.395 e. The van der Waals surface area contributed by atoms with Crippen molar-refractivity contribution in [2.45, 2.75) is 25.0 Å². The molecular weight excluding hydrogens is 517 g/mol. The van der Waals surface area contributed by atoms with E-state index < -0.39 is 8.32 Å². The molecule has 3 fully saturated rings. The van der Waals surface area contributed by atoms with Crippen molar-refractivity contribution in [3.63, 3.8) is 0 Å². The van der Waals surface area contributed by atoms with E-state index in [1.807, 2.05) is 6.20 Å². The molecule has 0 N–H and O–H groups in total.